The van der Waals surface area contributed by atoms with Gasteiger partial charge < -0.3 is 5.32 Å². The molecule has 0 radical (unpaired) electrons. The van der Waals surface area contributed by atoms with Gasteiger partial charge in [-0.05, 0) is 47.8 Å². The number of nitrogens with one attached hydrogen (secondary N) is 1. The van der Waals surface area contributed by atoms with Gasteiger partial charge in [0, 0.05) is 20.5 Å². The third-order valence-electron chi connectivity index (χ3n) is 2.48. The fourth-order valence-electron chi connectivity index (χ4n) is 1.63. The number of thiophene rings is 2. The smallest absolute Gasteiger partial charge is 0.0933 e. The zero-order chi connectivity index (χ0) is 12.4. The van der Waals surface area contributed by atoms with Gasteiger partial charge in [-0.25, -0.2) is 0 Å². The van der Waals surface area contributed by atoms with Gasteiger partial charge in [-0.1, -0.05) is 17.7 Å². The van der Waals surface area contributed by atoms with Crippen LogP contribution in [-0.4, -0.2) is 0 Å². The molecule has 2 aromatic heterocycles. The first kappa shape index (κ1) is 11.8. The lowest BCUT2D eigenvalue weighted by Gasteiger charge is -2.02. The lowest BCUT2D eigenvalue weighted by Crippen LogP contribution is -1.85. The molecule has 2 heterocycles. The molecule has 0 saturated heterocycles. The fraction of sp³-hybridized carbons (Fsp3) is 0. The summed E-state index contributed by atoms with van der Waals surface area (Å²) < 4.78 is 0. The van der Waals surface area contributed by atoms with Gasteiger partial charge in [-0.2, -0.15) is 0 Å². The normalized spacial score (nSPS) is 10.5. The Kier molecular flexibility index (Phi) is 3.37. The van der Waals surface area contributed by atoms with E-state index in [1.165, 1.54) is 9.75 Å². The number of hydrogen-bond donors (Lipinski definition) is 1. The zero-order valence-corrected chi connectivity index (χ0v) is 11.8. The topological polar surface area (TPSA) is 12.0 Å². The minimum atomic E-state index is 0.756. The molecule has 90 valence electrons. The molecule has 4 heteroatoms. The van der Waals surface area contributed by atoms with Crippen LogP contribution in [0.15, 0.2) is 53.9 Å². The van der Waals surface area contributed by atoms with E-state index in [4.69, 9.17) is 11.6 Å². The third-order valence-corrected chi connectivity index (χ3v) is 4.80. The van der Waals surface area contributed by atoms with E-state index in [9.17, 15) is 0 Å². The second-order valence-corrected chi connectivity index (χ2v) is 6.24. The maximum atomic E-state index is 5.86. The Morgan fingerprint density at radius 3 is 2.44 bits per heavy atom. The van der Waals surface area contributed by atoms with Crippen LogP contribution < -0.4 is 5.32 Å². The Labute approximate surface area is 119 Å². The summed E-state index contributed by atoms with van der Waals surface area (Å²) in [5.74, 6) is 0. The van der Waals surface area contributed by atoms with Crippen LogP contribution >= 0.6 is 34.3 Å². The first-order valence-electron chi connectivity index (χ1n) is 5.47. The van der Waals surface area contributed by atoms with Crippen molar-refractivity contribution in [2.24, 2.45) is 0 Å². The summed E-state index contributed by atoms with van der Waals surface area (Å²) >= 11 is 9.38. The Hall–Kier alpha value is -1.29. The fourth-order valence-corrected chi connectivity index (χ4v) is 3.52. The highest BCUT2D eigenvalue weighted by atomic mass is 35.5. The van der Waals surface area contributed by atoms with Gasteiger partial charge in [0.1, 0.15) is 0 Å². The molecule has 0 spiro atoms. The van der Waals surface area contributed by atoms with E-state index < -0.39 is 0 Å². The average Bonchev–Trinajstić information content (AvgIpc) is 3.02. The summed E-state index contributed by atoms with van der Waals surface area (Å²) in [5.41, 5.74) is 1.05. The van der Waals surface area contributed by atoms with Crippen molar-refractivity contribution in [1.29, 1.82) is 0 Å². The van der Waals surface area contributed by atoms with Gasteiger partial charge in [0.15, 0.2) is 0 Å². The summed E-state index contributed by atoms with van der Waals surface area (Å²) in [6.45, 7) is 0. The van der Waals surface area contributed by atoms with Crippen LogP contribution in [-0.2, 0) is 0 Å². The van der Waals surface area contributed by atoms with Crippen molar-refractivity contribution in [3.8, 4) is 9.75 Å². The van der Waals surface area contributed by atoms with Crippen LogP contribution in [0.1, 0.15) is 0 Å². The zero-order valence-electron chi connectivity index (χ0n) is 9.39. The number of anilines is 2. The van der Waals surface area contributed by atoms with Crippen molar-refractivity contribution in [2.45, 2.75) is 0 Å². The highest BCUT2D eigenvalue weighted by Gasteiger charge is 2.03. The summed E-state index contributed by atoms with van der Waals surface area (Å²) in [6.07, 6.45) is 0. The third kappa shape index (κ3) is 2.58. The molecular weight excluding hydrogens is 282 g/mol. The number of rotatable bonds is 3. The highest BCUT2D eigenvalue weighted by Crippen LogP contribution is 2.35. The van der Waals surface area contributed by atoms with E-state index in [-0.39, 0.29) is 0 Å². The summed E-state index contributed by atoms with van der Waals surface area (Å²) in [7, 11) is 0. The van der Waals surface area contributed by atoms with Crippen LogP contribution in [0, 0.1) is 0 Å². The molecule has 3 rings (SSSR count). The molecule has 18 heavy (non-hydrogen) atoms. The molecule has 1 nitrogen and oxygen atoms in total. The number of benzene rings is 1. The molecule has 0 atom stereocenters. The van der Waals surface area contributed by atoms with Crippen LogP contribution in [0.2, 0.25) is 5.02 Å². The minimum absolute atomic E-state index is 0.756. The molecule has 0 fully saturated rings. The molecular formula is C14H10ClNS2. The Morgan fingerprint density at radius 2 is 1.72 bits per heavy atom. The van der Waals surface area contributed by atoms with Crippen molar-refractivity contribution < 1.29 is 0 Å². The molecule has 0 unspecified atom stereocenters. The van der Waals surface area contributed by atoms with Gasteiger partial charge in [0.25, 0.3) is 0 Å². The number of hydrogen-bond acceptors (Lipinski definition) is 3. The van der Waals surface area contributed by atoms with E-state index in [0.717, 1.165) is 15.7 Å². The highest BCUT2D eigenvalue weighted by molar-refractivity contribution is 7.23. The standard InChI is InChI=1S/C14H10ClNS2/c15-10-3-5-11(6-4-10)16-14-8-7-13(18-14)12-2-1-9-17-12/h1-9,16H. The van der Waals surface area contributed by atoms with Gasteiger partial charge in [-0.15, -0.1) is 22.7 Å². The van der Waals surface area contributed by atoms with Gasteiger partial charge in [-0.3, -0.25) is 0 Å². The molecule has 3 aromatic rings. The maximum absolute atomic E-state index is 5.86. The minimum Gasteiger partial charge on any atom is -0.347 e. The van der Waals surface area contributed by atoms with Gasteiger partial charge in [0.2, 0.25) is 0 Å². The first-order chi connectivity index (χ1) is 8.81. The second-order valence-electron chi connectivity index (χ2n) is 3.77. The predicted molar refractivity (Wildman–Crippen MR) is 82.4 cm³/mol. The van der Waals surface area contributed by atoms with Gasteiger partial charge in [0.05, 0.1) is 5.00 Å². The molecule has 0 saturated carbocycles. The summed E-state index contributed by atoms with van der Waals surface area (Å²) in [4.78, 5) is 2.60. The molecule has 1 aromatic carbocycles. The van der Waals surface area contributed by atoms with E-state index in [1.54, 1.807) is 22.7 Å². The maximum Gasteiger partial charge on any atom is 0.0933 e. The average molecular weight is 292 g/mol. The monoisotopic (exact) mass is 291 g/mol. The summed E-state index contributed by atoms with van der Waals surface area (Å²) in [6, 6.07) is 16.2. The van der Waals surface area contributed by atoms with Crippen molar-refractivity contribution >= 4 is 45.0 Å². The Morgan fingerprint density at radius 1 is 0.889 bits per heavy atom. The largest absolute Gasteiger partial charge is 0.347 e. The molecule has 0 amide bonds. The van der Waals surface area contributed by atoms with Crippen LogP contribution in [0.25, 0.3) is 9.75 Å². The van der Waals surface area contributed by atoms with E-state index in [0.29, 0.717) is 0 Å². The van der Waals surface area contributed by atoms with E-state index >= 15 is 0 Å². The molecule has 0 aliphatic carbocycles. The number of halogens is 1. The SMILES string of the molecule is Clc1ccc(Nc2ccc(-c3cccs3)s2)cc1. The van der Waals surface area contributed by atoms with E-state index in [1.807, 2.05) is 24.3 Å². The second kappa shape index (κ2) is 5.14. The molecule has 1 N–H and O–H groups in total. The van der Waals surface area contributed by atoms with Crippen molar-refractivity contribution in [2.75, 3.05) is 5.32 Å². The molecule has 0 aliphatic rings. The lowest BCUT2D eigenvalue weighted by atomic mass is 10.3. The quantitative estimate of drug-likeness (QED) is 0.636. The van der Waals surface area contributed by atoms with E-state index in [2.05, 4.69) is 35.0 Å². The van der Waals surface area contributed by atoms with Crippen LogP contribution in [0.4, 0.5) is 10.7 Å². The van der Waals surface area contributed by atoms with Crippen LogP contribution in [0.5, 0.6) is 0 Å². The molecule has 0 bridgehead atoms. The summed E-state index contributed by atoms with van der Waals surface area (Å²) in [5, 5.41) is 7.37. The Balaban J connectivity index is 1.80. The first-order valence-corrected chi connectivity index (χ1v) is 7.55. The van der Waals surface area contributed by atoms with Crippen molar-refractivity contribution in [3.63, 3.8) is 0 Å². The lowest BCUT2D eigenvalue weighted by molar-refractivity contribution is 1.61. The Bertz CT molecular complexity index is 626. The van der Waals surface area contributed by atoms with Crippen molar-refractivity contribution in [3.05, 3.63) is 58.9 Å². The van der Waals surface area contributed by atoms with Crippen molar-refractivity contribution in [1.82, 2.24) is 0 Å². The predicted octanol–water partition coefficient (Wildman–Crippen LogP) is 5.87. The van der Waals surface area contributed by atoms with Gasteiger partial charge >= 0.3 is 0 Å². The van der Waals surface area contributed by atoms with Crippen LogP contribution in [0.3, 0.4) is 0 Å². The molecule has 0 aliphatic heterocycles.